The Morgan fingerprint density at radius 3 is 1.51 bits per heavy atom. The molecule has 0 aliphatic heterocycles. The molecule has 0 saturated heterocycles. The third-order valence-electron chi connectivity index (χ3n) is 4.68. The fourth-order valence-corrected chi connectivity index (χ4v) is 5.18. The second-order valence-corrected chi connectivity index (χ2v) is 10.3. The van der Waals surface area contributed by atoms with Gasteiger partial charge in [-0.05, 0) is 6.42 Å². The van der Waals surface area contributed by atoms with E-state index in [1.165, 1.54) is 39.9 Å². The first-order valence-corrected chi connectivity index (χ1v) is 13.5. The normalized spacial score (nSPS) is 13.2. The Hall–Kier alpha value is -1.65. The summed E-state index contributed by atoms with van der Waals surface area (Å²) in [6, 6.07) is 0.120. The highest BCUT2D eigenvalue weighted by Gasteiger charge is 2.57. The largest absolute Gasteiger partial charge is 0.560 e. The first-order valence-electron chi connectivity index (χ1n) is 11.6. The summed E-state index contributed by atoms with van der Waals surface area (Å²) < 4.78 is 35.9. The number of carbonyl (C=O) groups is 3. The highest BCUT2D eigenvalue weighted by molar-refractivity contribution is 6.60. The summed E-state index contributed by atoms with van der Waals surface area (Å²) in [5.74, 6) is -4.22. The quantitative estimate of drug-likeness (QED) is 0.0784. The van der Waals surface area contributed by atoms with Gasteiger partial charge in [0, 0.05) is 20.3 Å². The first-order chi connectivity index (χ1) is 16.8. The Morgan fingerprint density at radius 1 is 0.714 bits per heavy atom. The third-order valence-corrected chi connectivity index (χ3v) is 7.39. The average molecular weight is 529 g/mol. The van der Waals surface area contributed by atoms with Gasteiger partial charge in [0.2, 0.25) is 0 Å². The molecule has 0 radical (unpaired) electrons. The number of hydrogen-bond acceptors (Lipinski definition) is 13. The average Bonchev–Trinajstić information content (AvgIpc) is 2.85. The fraction of sp³-hybridized carbons (Fsp3) is 0.857. The van der Waals surface area contributed by atoms with Crippen LogP contribution in [0.15, 0.2) is 0 Å². The second-order valence-electron chi connectivity index (χ2n) is 7.52. The second kappa shape index (κ2) is 19.5. The molecular formula is C21H40O13Si. The van der Waals surface area contributed by atoms with Gasteiger partial charge in [-0.1, -0.05) is 58.3 Å². The fourth-order valence-electron chi connectivity index (χ4n) is 2.99. The van der Waals surface area contributed by atoms with Crippen LogP contribution < -0.4 is 0 Å². The van der Waals surface area contributed by atoms with Gasteiger partial charge < -0.3 is 43.1 Å². The molecule has 13 nitrogen and oxygen atoms in total. The number of aliphatic hydroxyl groups excluding tert-OH is 3. The van der Waals surface area contributed by atoms with Gasteiger partial charge in [0.05, 0.1) is 0 Å². The van der Waals surface area contributed by atoms with Gasteiger partial charge in [0.25, 0.3) is 0 Å². The maximum Gasteiger partial charge on any atom is 0.560 e. The highest BCUT2D eigenvalue weighted by Crippen LogP contribution is 2.30. The van der Waals surface area contributed by atoms with Crippen LogP contribution in [0.5, 0.6) is 0 Å². The molecule has 0 rings (SSSR count). The first kappa shape index (κ1) is 33.3. The SMILES string of the molecule is CCCCCCCCCCC[Si](OC)(OCOC)OC(OC(=O)CO)(OC(=O)CO)OC(=O)CO. The van der Waals surface area contributed by atoms with E-state index in [0.717, 1.165) is 25.7 Å². The van der Waals surface area contributed by atoms with Crippen molar-refractivity contribution in [3.05, 3.63) is 0 Å². The monoisotopic (exact) mass is 528 g/mol. The van der Waals surface area contributed by atoms with Crippen LogP contribution in [0.1, 0.15) is 64.7 Å². The summed E-state index contributed by atoms with van der Waals surface area (Å²) in [5.41, 5.74) is 0. The zero-order chi connectivity index (χ0) is 26.6. The van der Waals surface area contributed by atoms with Crippen molar-refractivity contribution in [2.45, 2.75) is 76.9 Å². The van der Waals surface area contributed by atoms with Crippen LogP contribution in [-0.2, 0) is 46.6 Å². The molecule has 0 fully saturated rings. The van der Waals surface area contributed by atoms with E-state index in [2.05, 4.69) is 6.92 Å². The minimum atomic E-state index is -3.95. The van der Waals surface area contributed by atoms with E-state index in [-0.39, 0.29) is 12.8 Å². The Kier molecular flexibility index (Phi) is 18.6. The predicted molar refractivity (Wildman–Crippen MR) is 121 cm³/mol. The molecule has 1 atom stereocenters. The van der Waals surface area contributed by atoms with E-state index in [1.807, 2.05) is 0 Å². The summed E-state index contributed by atoms with van der Waals surface area (Å²) in [5, 5.41) is 27.3. The molecule has 35 heavy (non-hydrogen) atoms. The molecular weight excluding hydrogens is 488 g/mol. The lowest BCUT2D eigenvalue weighted by molar-refractivity contribution is -0.431. The lowest BCUT2D eigenvalue weighted by atomic mass is 10.1. The molecule has 0 amide bonds. The molecule has 0 aromatic carbocycles. The molecule has 0 aliphatic rings. The van der Waals surface area contributed by atoms with Crippen molar-refractivity contribution in [3.63, 3.8) is 0 Å². The third kappa shape index (κ3) is 14.5. The van der Waals surface area contributed by atoms with E-state index in [0.29, 0.717) is 6.42 Å². The number of methoxy groups -OCH3 is 1. The summed E-state index contributed by atoms with van der Waals surface area (Å²) in [6.45, 7) is -1.76. The van der Waals surface area contributed by atoms with Crippen molar-refractivity contribution in [2.24, 2.45) is 0 Å². The number of aliphatic hydroxyl groups is 3. The Morgan fingerprint density at radius 2 is 1.14 bits per heavy atom. The van der Waals surface area contributed by atoms with Gasteiger partial charge in [-0.3, -0.25) is 4.43 Å². The molecule has 14 heteroatoms. The van der Waals surface area contributed by atoms with E-state index in [4.69, 9.17) is 47.5 Å². The minimum absolute atomic E-state index is 0.120. The molecule has 206 valence electrons. The molecule has 0 aromatic rings. The number of rotatable bonds is 22. The van der Waals surface area contributed by atoms with Crippen LogP contribution in [0.3, 0.4) is 0 Å². The molecule has 3 N–H and O–H groups in total. The van der Waals surface area contributed by atoms with E-state index in [1.54, 1.807) is 0 Å². The van der Waals surface area contributed by atoms with Gasteiger partial charge in [0.15, 0.2) is 0 Å². The molecule has 0 aromatic heterocycles. The van der Waals surface area contributed by atoms with Crippen LogP contribution in [0, 0.1) is 0 Å². The van der Waals surface area contributed by atoms with Crippen molar-refractivity contribution < 1.29 is 61.9 Å². The maximum absolute atomic E-state index is 11.8. The van der Waals surface area contributed by atoms with Gasteiger partial charge in [0.1, 0.15) is 26.6 Å². The molecule has 0 bridgehead atoms. The number of unbranched alkanes of at least 4 members (excludes halogenated alkanes) is 8. The number of ether oxygens (including phenoxy) is 4. The van der Waals surface area contributed by atoms with Gasteiger partial charge >= 0.3 is 32.9 Å². The molecule has 0 heterocycles. The van der Waals surface area contributed by atoms with Crippen LogP contribution >= 0.6 is 0 Å². The van der Waals surface area contributed by atoms with Crippen LogP contribution in [-0.4, -0.2) is 89.0 Å². The van der Waals surface area contributed by atoms with Crippen molar-refractivity contribution in [1.82, 2.24) is 0 Å². The Balaban J connectivity index is 5.59. The van der Waals surface area contributed by atoms with Gasteiger partial charge in [-0.15, -0.1) is 0 Å². The maximum atomic E-state index is 11.8. The van der Waals surface area contributed by atoms with E-state index < -0.39 is 52.7 Å². The van der Waals surface area contributed by atoms with Crippen molar-refractivity contribution >= 4 is 26.7 Å². The van der Waals surface area contributed by atoms with Crippen molar-refractivity contribution in [2.75, 3.05) is 40.8 Å². The Bertz CT molecular complexity index is 558. The topological polar surface area (TPSA) is 177 Å². The highest BCUT2D eigenvalue weighted by atomic mass is 28.4. The summed E-state index contributed by atoms with van der Waals surface area (Å²) in [4.78, 5) is 35.5. The van der Waals surface area contributed by atoms with E-state index >= 15 is 0 Å². The number of esters is 3. The van der Waals surface area contributed by atoms with Gasteiger partial charge in [-0.25, -0.2) is 14.4 Å². The predicted octanol–water partition coefficient (Wildman–Crippen LogP) is 0.957. The van der Waals surface area contributed by atoms with Crippen LogP contribution in [0.25, 0.3) is 0 Å². The lowest BCUT2D eigenvalue weighted by Crippen LogP contribution is -2.58. The van der Waals surface area contributed by atoms with Crippen molar-refractivity contribution in [3.8, 4) is 0 Å². The summed E-state index contributed by atoms with van der Waals surface area (Å²) >= 11 is 0. The zero-order valence-corrected chi connectivity index (χ0v) is 21.8. The lowest BCUT2D eigenvalue weighted by Gasteiger charge is -2.36. The molecule has 1 unspecified atom stereocenters. The van der Waals surface area contributed by atoms with Crippen molar-refractivity contribution in [1.29, 1.82) is 0 Å². The summed E-state index contributed by atoms with van der Waals surface area (Å²) in [7, 11) is -1.38. The smallest absolute Gasteiger partial charge is 0.385 e. The minimum Gasteiger partial charge on any atom is -0.385 e. The summed E-state index contributed by atoms with van der Waals surface area (Å²) in [6.07, 6.45) is 5.99. The zero-order valence-electron chi connectivity index (χ0n) is 20.8. The van der Waals surface area contributed by atoms with Crippen LogP contribution in [0.4, 0.5) is 0 Å². The Labute approximate surface area is 206 Å². The van der Waals surface area contributed by atoms with E-state index in [9.17, 15) is 14.4 Å². The van der Waals surface area contributed by atoms with Gasteiger partial charge in [-0.2, -0.15) is 0 Å². The number of hydrogen-bond donors (Lipinski definition) is 3. The number of carbonyl (C=O) groups excluding carboxylic acids is 3. The molecule has 0 aliphatic carbocycles. The molecule has 0 saturated carbocycles. The molecule has 0 spiro atoms. The van der Waals surface area contributed by atoms with Crippen LogP contribution in [0.2, 0.25) is 6.04 Å². The standard InChI is InChI=1S/C21H40O13Si/c1-4-5-6-7-8-9-10-11-12-13-35(29-3,30-17-28-2)34-21(31-18(25)14-22,32-19(26)15-23)33-20(27)16-24/h22-24H,4-17H2,1-3H3.